The van der Waals surface area contributed by atoms with Crippen LogP contribution in [0.1, 0.15) is 0 Å². The molecule has 2 aromatic rings. The zero-order valence-corrected chi connectivity index (χ0v) is 14.3. The molecule has 0 heterocycles. The Balaban J connectivity index is 2.56. The highest BCUT2D eigenvalue weighted by Crippen LogP contribution is 2.33. The van der Waals surface area contributed by atoms with Crippen LogP contribution in [0.2, 0.25) is 0 Å². The number of sulfonamides is 1. The van der Waals surface area contributed by atoms with Crippen molar-refractivity contribution in [1.29, 1.82) is 0 Å². The van der Waals surface area contributed by atoms with Crippen molar-refractivity contribution in [2.24, 2.45) is 0 Å². The van der Waals surface area contributed by atoms with Gasteiger partial charge in [0, 0.05) is 6.07 Å². The van der Waals surface area contributed by atoms with Gasteiger partial charge in [-0.1, -0.05) is 0 Å². The number of methoxy groups -OCH3 is 2. The number of anilines is 1. The molecule has 134 valence electrons. The minimum Gasteiger partial charge on any atom is -0.493 e. The number of hydrogen-bond donors (Lipinski definition) is 1. The number of hydrogen-bond acceptors (Lipinski definition) is 5. The van der Waals surface area contributed by atoms with Crippen LogP contribution in [0.3, 0.4) is 0 Å². The molecule has 0 amide bonds. The van der Waals surface area contributed by atoms with E-state index in [9.17, 15) is 17.6 Å². The smallest absolute Gasteiger partial charge is 0.324 e. The molecule has 7 nitrogen and oxygen atoms in total. The van der Waals surface area contributed by atoms with Gasteiger partial charge in [0.15, 0.2) is 11.5 Å². The molecule has 0 atom stereocenters. The molecule has 0 aromatic heterocycles. The number of nitrogens with zero attached hydrogens (tertiary/aromatic N) is 1. The van der Waals surface area contributed by atoms with Gasteiger partial charge < -0.3 is 14.6 Å². The summed E-state index contributed by atoms with van der Waals surface area (Å²) >= 11 is 0. The number of carbonyl (C=O) groups is 1. The first-order chi connectivity index (χ1) is 11.8. The highest BCUT2D eigenvalue weighted by molar-refractivity contribution is 7.92. The Bertz CT molecular complexity index is 867. The quantitative estimate of drug-likeness (QED) is 0.804. The third-order valence-corrected chi connectivity index (χ3v) is 5.12. The fraction of sp³-hybridized carbons (Fsp3) is 0.188. The van der Waals surface area contributed by atoms with Crippen molar-refractivity contribution in [3.63, 3.8) is 0 Å². The highest BCUT2D eigenvalue weighted by atomic mass is 32.2. The molecule has 0 radical (unpaired) electrons. The SMILES string of the molecule is COc1ccc(N(CC(=O)O)S(=O)(=O)c2ccc(F)cc2)cc1OC. The predicted molar refractivity (Wildman–Crippen MR) is 88.1 cm³/mol. The normalized spacial score (nSPS) is 11.0. The maximum atomic E-state index is 13.1. The third kappa shape index (κ3) is 4.00. The molecule has 2 rings (SSSR count). The van der Waals surface area contributed by atoms with E-state index in [1.54, 1.807) is 0 Å². The van der Waals surface area contributed by atoms with E-state index in [0.717, 1.165) is 24.3 Å². The van der Waals surface area contributed by atoms with Crippen LogP contribution in [-0.2, 0) is 14.8 Å². The minimum atomic E-state index is -4.22. The molecule has 25 heavy (non-hydrogen) atoms. The van der Waals surface area contributed by atoms with Gasteiger partial charge in [-0.05, 0) is 36.4 Å². The summed E-state index contributed by atoms with van der Waals surface area (Å²) in [5, 5.41) is 9.10. The van der Waals surface area contributed by atoms with Crippen molar-refractivity contribution in [2.45, 2.75) is 4.90 Å². The first-order valence-corrected chi connectivity index (χ1v) is 8.45. The predicted octanol–water partition coefficient (Wildman–Crippen LogP) is 2.12. The highest BCUT2D eigenvalue weighted by Gasteiger charge is 2.28. The first kappa shape index (κ1) is 18.5. The van der Waals surface area contributed by atoms with Crippen LogP contribution in [-0.4, -0.2) is 40.3 Å². The van der Waals surface area contributed by atoms with E-state index in [0.29, 0.717) is 10.1 Å². The maximum Gasteiger partial charge on any atom is 0.324 e. The van der Waals surface area contributed by atoms with E-state index in [2.05, 4.69) is 0 Å². The molecule has 0 aliphatic carbocycles. The summed E-state index contributed by atoms with van der Waals surface area (Å²) in [5.74, 6) is -1.35. The lowest BCUT2D eigenvalue weighted by molar-refractivity contribution is -0.135. The molecule has 0 spiro atoms. The molecule has 0 saturated carbocycles. The van der Waals surface area contributed by atoms with Crippen molar-refractivity contribution >= 4 is 21.7 Å². The Morgan fingerprint density at radius 3 is 2.20 bits per heavy atom. The van der Waals surface area contributed by atoms with Crippen LogP contribution in [0, 0.1) is 5.82 Å². The van der Waals surface area contributed by atoms with Crippen LogP contribution in [0.5, 0.6) is 11.5 Å². The van der Waals surface area contributed by atoms with Crippen molar-refractivity contribution in [2.75, 3.05) is 25.1 Å². The van der Waals surface area contributed by atoms with Gasteiger partial charge in [-0.3, -0.25) is 9.10 Å². The molecule has 1 N–H and O–H groups in total. The van der Waals surface area contributed by atoms with Gasteiger partial charge in [-0.2, -0.15) is 0 Å². The molecular formula is C16H16FNO6S. The van der Waals surface area contributed by atoms with Crippen LogP contribution < -0.4 is 13.8 Å². The van der Waals surface area contributed by atoms with Gasteiger partial charge in [0.2, 0.25) is 0 Å². The lowest BCUT2D eigenvalue weighted by atomic mass is 10.2. The van der Waals surface area contributed by atoms with E-state index in [-0.39, 0.29) is 16.3 Å². The number of halogens is 1. The molecular weight excluding hydrogens is 353 g/mol. The summed E-state index contributed by atoms with van der Waals surface area (Å²) in [7, 11) is -1.43. The summed E-state index contributed by atoms with van der Waals surface area (Å²) in [5.41, 5.74) is 0.0735. The Morgan fingerprint density at radius 1 is 1.08 bits per heavy atom. The molecule has 0 fully saturated rings. The Morgan fingerprint density at radius 2 is 1.68 bits per heavy atom. The van der Waals surface area contributed by atoms with E-state index in [1.807, 2.05) is 0 Å². The van der Waals surface area contributed by atoms with Crippen LogP contribution in [0.25, 0.3) is 0 Å². The monoisotopic (exact) mass is 369 g/mol. The first-order valence-electron chi connectivity index (χ1n) is 7.01. The van der Waals surface area contributed by atoms with Gasteiger partial charge in [0.1, 0.15) is 12.4 Å². The van der Waals surface area contributed by atoms with Gasteiger partial charge >= 0.3 is 5.97 Å². The zero-order valence-electron chi connectivity index (χ0n) is 13.5. The second-order valence-corrected chi connectivity index (χ2v) is 6.76. The topological polar surface area (TPSA) is 93.1 Å². The zero-order chi connectivity index (χ0) is 18.6. The second-order valence-electron chi connectivity index (χ2n) is 4.90. The van der Waals surface area contributed by atoms with E-state index in [4.69, 9.17) is 14.6 Å². The second kappa shape index (κ2) is 7.39. The largest absolute Gasteiger partial charge is 0.493 e. The Hall–Kier alpha value is -2.81. The summed E-state index contributed by atoms with van der Waals surface area (Å²) in [6.07, 6.45) is 0. The van der Waals surface area contributed by atoms with Crippen molar-refractivity contribution in [3.05, 3.63) is 48.3 Å². The summed E-state index contributed by atoms with van der Waals surface area (Å²) in [6.45, 7) is -0.810. The Labute approximate surface area is 144 Å². The molecule has 0 bridgehead atoms. The van der Waals surface area contributed by atoms with Gasteiger partial charge in [0.25, 0.3) is 10.0 Å². The van der Waals surface area contributed by atoms with E-state index >= 15 is 0 Å². The number of rotatable bonds is 7. The molecule has 9 heteroatoms. The van der Waals surface area contributed by atoms with E-state index < -0.39 is 28.4 Å². The number of carboxylic acid groups (broad SMARTS) is 1. The van der Waals surface area contributed by atoms with Gasteiger partial charge in [-0.15, -0.1) is 0 Å². The fourth-order valence-electron chi connectivity index (χ4n) is 2.15. The summed E-state index contributed by atoms with van der Waals surface area (Å²) in [6, 6.07) is 8.32. The molecule has 0 unspecified atom stereocenters. The minimum absolute atomic E-state index is 0.0735. The third-order valence-electron chi connectivity index (χ3n) is 3.34. The van der Waals surface area contributed by atoms with Crippen molar-refractivity contribution in [1.82, 2.24) is 0 Å². The van der Waals surface area contributed by atoms with Crippen molar-refractivity contribution in [3.8, 4) is 11.5 Å². The number of ether oxygens (including phenoxy) is 2. The van der Waals surface area contributed by atoms with Crippen LogP contribution >= 0.6 is 0 Å². The molecule has 0 aliphatic rings. The van der Waals surface area contributed by atoms with Gasteiger partial charge in [0.05, 0.1) is 24.8 Å². The fourth-order valence-corrected chi connectivity index (χ4v) is 3.56. The average Bonchev–Trinajstić information content (AvgIpc) is 2.59. The summed E-state index contributed by atoms with van der Waals surface area (Å²) in [4.78, 5) is 10.9. The van der Waals surface area contributed by atoms with Crippen molar-refractivity contribution < 1.29 is 32.2 Å². The molecule has 2 aromatic carbocycles. The maximum absolute atomic E-state index is 13.1. The lowest BCUT2D eigenvalue weighted by Gasteiger charge is -2.23. The molecule has 0 aliphatic heterocycles. The average molecular weight is 369 g/mol. The number of carboxylic acids is 1. The van der Waals surface area contributed by atoms with Crippen LogP contribution in [0.4, 0.5) is 10.1 Å². The summed E-state index contributed by atoms with van der Waals surface area (Å²) < 4.78 is 49.6. The standard InChI is InChI=1S/C16H16FNO6S/c1-23-14-8-5-12(9-15(14)24-2)18(10-16(19)20)25(21,22)13-6-3-11(17)4-7-13/h3-9H,10H2,1-2H3,(H,19,20). The Kier molecular flexibility index (Phi) is 5.48. The van der Waals surface area contributed by atoms with Crippen LogP contribution in [0.15, 0.2) is 47.4 Å². The van der Waals surface area contributed by atoms with Gasteiger partial charge in [-0.25, -0.2) is 12.8 Å². The number of benzene rings is 2. The lowest BCUT2D eigenvalue weighted by Crippen LogP contribution is -2.35. The number of aliphatic carboxylic acids is 1. The molecule has 0 saturated heterocycles. The van der Waals surface area contributed by atoms with E-state index in [1.165, 1.54) is 32.4 Å².